The Morgan fingerprint density at radius 3 is 1.11 bits per heavy atom. The van der Waals surface area contributed by atoms with Crippen molar-refractivity contribution in [3.63, 3.8) is 0 Å². The first-order valence-corrected chi connectivity index (χ1v) is 28.7. The molecule has 4 aliphatic heterocycles. The van der Waals surface area contributed by atoms with Crippen LogP contribution >= 0.6 is 0 Å². The van der Waals surface area contributed by atoms with Gasteiger partial charge in [0, 0.05) is 83.1 Å². The number of allylic oxidation sites excluding steroid dienone is 8. The molecule has 4 heterocycles. The summed E-state index contributed by atoms with van der Waals surface area (Å²) in [7, 11) is 8.99. The Morgan fingerprint density at radius 2 is 0.700 bits per heavy atom. The van der Waals surface area contributed by atoms with Crippen molar-refractivity contribution in [1.82, 2.24) is 0 Å². The highest BCUT2D eigenvalue weighted by molar-refractivity contribution is 6.09. The highest BCUT2D eigenvalue weighted by Crippen LogP contribution is 2.52. The third kappa shape index (κ3) is 8.17. The van der Waals surface area contributed by atoms with E-state index in [9.17, 15) is 0 Å². The molecule has 9 aromatic carbocycles. The van der Waals surface area contributed by atoms with Crippen LogP contribution in [0.4, 0.5) is 22.7 Å². The number of likely N-dealkylation sites (N-methyl/N-ethyl adjacent to an activating group) is 2. The lowest BCUT2D eigenvalue weighted by atomic mass is 9.73. The Bertz CT molecular complexity index is 3850. The molecule has 13 rings (SSSR count). The van der Waals surface area contributed by atoms with Gasteiger partial charge in [0.25, 0.3) is 0 Å². The zero-order valence-electron chi connectivity index (χ0n) is 47.7. The van der Waals surface area contributed by atoms with Crippen molar-refractivity contribution < 1.29 is 9.15 Å². The number of rotatable bonds is 12. The molecule has 0 bridgehead atoms. The second-order valence-electron chi connectivity index (χ2n) is 24.0. The first-order chi connectivity index (χ1) is 38.8. The molecule has 4 unspecified atom stereocenters. The van der Waals surface area contributed by atoms with Gasteiger partial charge in [0.15, 0.2) is 11.4 Å². The van der Waals surface area contributed by atoms with Gasteiger partial charge < -0.3 is 9.80 Å². The van der Waals surface area contributed by atoms with Crippen LogP contribution in [0.2, 0.25) is 0 Å². The van der Waals surface area contributed by atoms with Crippen LogP contribution in [0.3, 0.4) is 0 Å². The Morgan fingerprint density at radius 1 is 0.362 bits per heavy atom. The molecule has 4 aliphatic rings. The van der Waals surface area contributed by atoms with Gasteiger partial charge in [-0.15, -0.1) is 0 Å². The Hall–Kier alpha value is -8.60. The molecule has 0 fully saturated rings. The Balaban J connectivity index is 0.805. The lowest BCUT2D eigenvalue weighted by molar-refractivity contribution is -0.401. The minimum absolute atomic E-state index is 0.239. The minimum atomic E-state index is -0.256. The van der Waals surface area contributed by atoms with Gasteiger partial charge in [-0.3, -0.25) is 0 Å². The first-order valence-electron chi connectivity index (χ1n) is 28.7. The summed E-state index contributed by atoms with van der Waals surface area (Å²) < 4.78 is 4.87. The van der Waals surface area contributed by atoms with Crippen LogP contribution in [0, 0.1) is 0 Å². The SMILES string of the molecule is CN1/C(=C\C=C\C2=[N+](C)c3ccc4ccccc4c3C2(C)Cc2ccccc2)C(C)(Cc2ccc(CC3(C)/C(=C/C=C/C4=[N+](C)c5ccc6ccccc6c5C4(C)Cc4ccccc4)N(C)c4ccccc43)cc2)c2ccccc21. The van der Waals surface area contributed by atoms with Gasteiger partial charge >= 0.3 is 0 Å². The fourth-order valence-corrected chi connectivity index (χ4v) is 15.2. The molecule has 0 spiro atoms. The molecule has 4 atom stereocenters. The molecule has 394 valence electrons. The highest BCUT2D eigenvalue weighted by Gasteiger charge is 2.50. The van der Waals surface area contributed by atoms with Crippen molar-refractivity contribution >= 4 is 55.7 Å². The summed E-state index contributed by atoms with van der Waals surface area (Å²) in [5.74, 6) is 0. The number of hydrogen-bond acceptors (Lipinski definition) is 2. The topological polar surface area (TPSA) is 12.5 Å². The maximum Gasteiger partial charge on any atom is 0.210 e. The second-order valence-corrected chi connectivity index (χ2v) is 24.0. The predicted octanol–water partition coefficient (Wildman–Crippen LogP) is 16.6. The fourth-order valence-electron chi connectivity index (χ4n) is 15.2. The van der Waals surface area contributed by atoms with E-state index in [-0.39, 0.29) is 21.7 Å². The van der Waals surface area contributed by atoms with Gasteiger partial charge in [0.1, 0.15) is 14.1 Å². The molecule has 0 aliphatic carbocycles. The van der Waals surface area contributed by atoms with Crippen LogP contribution in [0.15, 0.2) is 254 Å². The van der Waals surface area contributed by atoms with Crippen LogP contribution < -0.4 is 9.80 Å². The number of nitrogens with zero attached hydrogens (tertiary/aromatic N) is 4. The lowest BCUT2D eigenvalue weighted by Gasteiger charge is -2.30. The normalized spacial score (nSPS) is 23.2. The molecular formula is C76H72N4+2. The van der Waals surface area contributed by atoms with Gasteiger partial charge in [0.05, 0.1) is 10.8 Å². The van der Waals surface area contributed by atoms with Crippen LogP contribution in [-0.4, -0.2) is 48.8 Å². The largest absolute Gasteiger partial charge is 0.347 e. The zero-order valence-corrected chi connectivity index (χ0v) is 47.7. The molecule has 80 heavy (non-hydrogen) atoms. The summed E-state index contributed by atoms with van der Waals surface area (Å²) in [6, 6.07) is 76.6. The van der Waals surface area contributed by atoms with E-state index in [1.54, 1.807) is 0 Å². The molecule has 4 nitrogen and oxygen atoms in total. The number of hydrogen-bond donors (Lipinski definition) is 0. The lowest BCUT2D eigenvalue weighted by Crippen LogP contribution is -2.33. The summed E-state index contributed by atoms with van der Waals surface area (Å²) in [5.41, 5.74) is 20.2. The average Bonchev–Trinajstić information content (AvgIpc) is 4.03. The number of fused-ring (bicyclic) bond motifs is 8. The van der Waals surface area contributed by atoms with Crippen molar-refractivity contribution in [2.75, 3.05) is 38.0 Å². The quantitative estimate of drug-likeness (QED) is 0.113. The van der Waals surface area contributed by atoms with Crippen molar-refractivity contribution in [3.05, 3.63) is 299 Å². The summed E-state index contributed by atoms with van der Waals surface area (Å²) in [6.07, 6.45) is 17.8. The van der Waals surface area contributed by atoms with Gasteiger partial charge in [0.2, 0.25) is 11.4 Å². The van der Waals surface area contributed by atoms with Gasteiger partial charge in [-0.05, 0) is 145 Å². The Kier molecular flexibility index (Phi) is 12.5. The van der Waals surface area contributed by atoms with E-state index in [0.717, 1.165) is 25.7 Å². The van der Waals surface area contributed by atoms with E-state index in [4.69, 9.17) is 0 Å². The van der Waals surface area contributed by atoms with Crippen LogP contribution in [0.1, 0.15) is 72.2 Å². The van der Waals surface area contributed by atoms with E-state index >= 15 is 0 Å². The maximum absolute atomic E-state index is 2.45. The van der Waals surface area contributed by atoms with Crippen molar-refractivity contribution in [3.8, 4) is 0 Å². The van der Waals surface area contributed by atoms with Crippen molar-refractivity contribution in [1.29, 1.82) is 0 Å². The minimum Gasteiger partial charge on any atom is -0.347 e. The molecule has 0 radical (unpaired) electrons. The summed E-state index contributed by atoms with van der Waals surface area (Å²) >= 11 is 0. The van der Waals surface area contributed by atoms with E-state index in [2.05, 4.69) is 318 Å². The third-order valence-electron chi connectivity index (χ3n) is 19.0. The van der Waals surface area contributed by atoms with Gasteiger partial charge in [-0.2, -0.15) is 9.15 Å². The molecule has 0 saturated heterocycles. The monoisotopic (exact) mass is 1040 g/mol. The van der Waals surface area contributed by atoms with Crippen molar-refractivity contribution in [2.45, 2.75) is 75.0 Å². The molecule has 0 amide bonds. The molecule has 0 aromatic heterocycles. The molecule has 0 N–H and O–H groups in total. The standard InChI is InChI=1S/C76H72N4/c1-73(61-33-19-21-35-63(61)77(5)67(73)37-23-39-69-75(3,51-53-25-11-9-12-26-53)71-59-31-17-15-29-57(59)45-47-65(71)79(69)7)49-55-41-43-56(44-42-55)50-74(2)62-34-20-22-36-64(62)78(6)68(74)38-24-40-70-76(4,52-54-27-13-10-14-28-54)72-60-32-18-16-30-58(60)46-48-66(72)80(70)8/h9-48H,49-52H2,1-8H3/q+2. The molecular weight excluding hydrogens is 969 g/mol. The predicted molar refractivity (Wildman–Crippen MR) is 337 cm³/mol. The van der Waals surface area contributed by atoms with Crippen LogP contribution in [0.25, 0.3) is 21.5 Å². The Labute approximate surface area is 474 Å². The number of anilines is 2. The second kappa shape index (κ2) is 19.6. The molecule has 9 aromatic rings. The number of para-hydroxylation sites is 2. The summed E-state index contributed by atoms with van der Waals surface area (Å²) in [6.45, 7) is 9.79. The zero-order chi connectivity index (χ0) is 55.0. The van der Waals surface area contributed by atoms with Crippen molar-refractivity contribution in [2.24, 2.45) is 0 Å². The van der Waals surface area contributed by atoms with Crippen LogP contribution in [-0.2, 0) is 47.3 Å². The van der Waals surface area contributed by atoms with E-state index in [1.165, 1.54) is 112 Å². The third-order valence-corrected chi connectivity index (χ3v) is 19.0. The van der Waals surface area contributed by atoms with E-state index < -0.39 is 0 Å². The highest BCUT2D eigenvalue weighted by atomic mass is 15.2. The average molecular weight is 1040 g/mol. The van der Waals surface area contributed by atoms with Gasteiger partial charge in [-0.25, -0.2) is 0 Å². The molecule has 0 saturated carbocycles. The first kappa shape index (κ1) is 50.9. The van der Waals surface area contributed by atoms with E-state index in [1.807, 2.05) is 0 Å². The van der Waals surface area contributed by atoms with Gasteiger partial charge in [-0.1, -0.05) is 182 Å². The fraction of sp³-hybridized carbons (Fsp3) is 0.211. The summed E-state index contributed by atoms with van der Waals surface area (Å²) in [4.78, 5) is 4.85. The van der Waals surface area contributed by atoms with Crippen LogP contribution in [0.5, 0.6) is 0 Å². The molecule has 4 heteroatoms. The smallest absolute Gasteiger partial charge is 0.210 e. The van der Waals surface area contributed by atoms with E-state index in [0.29, 0.717) is 0 Å². The summed E-state index contributed by atoms with van der Waals surface area (Å²) in [5, 5.41) is 5.23. The maximum atomic E-state index is 2.45. The number of benzene rings is 9.